The second kappa shape index (κ2) is 5.01. The zero-order valence-corrected chi connectivity index (χ0v) is 8.40. The van der Waals surface area contributed by atoms with Gasteiger partial charge in [-0.2, -0.15) is 0 Å². The fourth-order valence-electron chi connectivity index (χ4n) is 1.21. The summed E-state index contributed by atoms with van der Waals surface area (Å²) in [5.41, 5.74) is 0.895. The van der Waals surface area contributed by atoms with Gasteiger partial charge in [0.05, 0.1) is 6.04 Å². The number of carbonyl (C=O) groups is 1. The van der Waals surface area contributed by atoms with E-state index in [1.165, 1.54) is 0 Å². The van der Waals surface area contributed by atoms with Crippen LogP contribution in [0.3, 0.4) is 0 Å². The van der Waals surface area contributed by atoms with Gasteiger partial charge in [-0.25, -0.2) is 6.57 Å². The monoisotopic (exact) mass is 204 g/mol. The molecule has 0 saturated carbocycles. The van der Waals surface area contributed by atoms with Gasteiger partial charge in [-0.05, 0) is 24.6 Å². The highest BCUT2D eigenvalue weighted by atomic mass is 16.3. The summed E-state index contributed by atoms with van der Waals surface area (Å²) >= 11 is 0. The molecule has 0 aliphatic rings. The Kier molecular flexibility index (Phi) is 3.69. The lowest BCUT2D eigenvalue weighted by molar-refractivity contribution is -0.119. The first-order valence-corrected chi connectivity index (χ1v) is 4.55. The average molecular weight is 204 g/mol. The molecule has 0 unspecified atom stereocenters. The molecular formula is C11H12N2O2. The minimum Gasteiger partial charge on any atom is -0.508 e. The first-order valence-electron chi connectivity index (χ1n) is 4.55. The summed E-state index contributed by atoms with van der Waals surface area (Å²) < 4.78 is 0. The molecule has 2 N–H and O–H groups in total. The number of rotatable bonds is 3. The normalized spacial score (nSPS) is 11.5. The van der Waals surface area contributed by atoms with E-state index in [4.69, 9.17) is 11.7 Å². The Morgan fingerprint density at radius 3 is 2.67 bits per heavy atom. The number of amides is 1. The van der Waals surface area contributed by atoms with Gasteiger partial charge in [-0.3, -0.25) is 4.79 Å². The van der Waals surface area contributed by atoms with Crippen LogP contribution in [0.25, 0.3) is 4.85 Å². The average Bonchev–Trinajstić information content (AvgIpc) is 2.18. The van der Waals surface area contributed by atoms with E-state index < -0.39 is 0 Å². The molecule has 0 aliphatic heterocycles. The number of phenolic OH excluding ortho intramolecular Hbond substituents is 1. The van der Waals surface area contributed by atoms with Gasteiger partial charge in [0.1, 0.15) is 5.75 Å². The Labute approximate surface area is 88.4 Å². The highest BCUT2D eigenvalue weighted by Gasteiger charge is 2.10. The molecule has 1 atom stereocenters. The Balaban J connectivity index is 2.61. The van der Waals surface area contributed by atoms with Crippen molar-refractivity contribution in [2.24, 2.45) is 0 Å². The third-order valence-electron chi connectivity index (χ3n) is 1.99. The predicted octanol–water partition coefficient (Wildman–Crippen LogP) is 1.49. The second-order valence-electron chi connectivity index (χ2n) is 3.20. The van der Waals surface area contributed by atoms with Gasteiger partial charge < -0.3 is 15.3 Å². The summed E-state index contributed by atoms with van der Waals surface area (Å²) in [6.07, 6.45) is 0. The summed E-state index contributed by atoms with van der Waals surface area (Å²) in [5, 5.41) is 11.8. The lowest BCUT2D eigenvalue weighted by Crippen LogP contribution is -2.28. The van der Waals surface area contributed by atoms with Crippen LogP contribution in [0.1, 0.15) is 18.5 Å². The highest BCUT2D eigenvalue weighted by Crippen LogP contribution is 2.15. The Morgan fingerprint density at radius 2 is 2.13 bits per heavy atom. The van der Waals surface area contributed by atoms with Crippen molar-refractivity contribution in [1.29, 1.82) is 0 Å². The third-order valence-corrected chi connectivity index (χ3v) is 1.99. The molecule has 4 heteroatoms. The predicted molar refractivity (Wildman–Crippen MR) is 56.1 cm³/mol. The molecule has 0 spiro atoms. The van der Waals surface area contributed by atoms with E-state index in [-0.39, 0.29) is 24.2 Å². The molecule has 0 aliphatic carbocycles. The molecule has 0 fully saturated rings. The minimum absolute atomic E-state index is 0.150. The third kappa shape index (κ3) is 3.31. The number of nitrogens with zero attached hydrogens (tertiary/aromatic N) is 1. The molecule has 1 rings (SSSR count). The lowest BCUT2D eigenvalue weighted by Gasteiger charge is -2.12. The fourth-order valence-corrected chi connectivity index (χ4v) is 1.21. The van der Waals surface area contributed by atoms with Crippen molar-refractivity contribution in [3.63, 3.8) is 0 Å². The zero-order chi connectivity index (χ0) is 11.3. The van der Waals surface area contributed by atoms with Crippen molar-refractivity contribution in [3.05, 3.63) is 41.2 Å². The lowest BCUT2D eigenvalue weighted by atomic mass is 10.1. The summed E-state index contributed by atoms with van der Waals surface area (Å²) in [6.45, 7) is 8.22. The van der Waals surface area contributed by atoms with Crippen molar-refractivity contribution >= 4 is 5.91 Å². The van der Waals surface area contributed by atoms with Gasteiger partial charge in [-0.15, -0.1) is 0 Å². The van der Waals surface area contributed by atoms with Gasteiger partial charge in [0, 0.05) is 0 Å². The van der Waals surface area contributed by atoms with Crippen molar-refractivity contribution in [1.82, 2.24) is 5.32 Å². The van der Waals surface area contributed by atoms with E-state index in [1.54, 1.807) is 24.3 Å². The number of phenols is 1. The molecule has 1 aromatic carbocycles. The van der Waals surface area contributed by atoms with Crippen molar-refractivity contribution < 1.29 is 9.90 Å². The maximum Gasteiger partial charge on any atom is 0.300 e. The van der Waals surface area contributed by atoms with E-state index in [0.29, 0.717) is 0 Å². The SMILES string of the molecule is [C-]#[N+]CC(=O)N[C@@H](C)c1ccc(O)cc1. The number of benzene rings is 1. The van der Waals surface area contributed by atoms with Gasteiger partial charge in [0.15, 0.2) is 0 Å². The first kappa shape index (κ1) is 11.1. The van der Waals surface area contributed by atoms with E-state index in [1.807, 2.05) is 6.92 Å². The quantitative estimate of drug-likeness (QED) is 0.733. The van der Waals surface area contributed by atoms with Gasteiger partial charge in [-0.1, -0.05) is 12.1 Å². The maximum absolute atomic E-state index is 11.1. The summed E-state index contributed by atoms with van der Waals surface area (Å²) in [5.74, 6) is -0.0935. The molecule has 1 amide bonds. The van der Waals surface area contributed by atoms with Crippen LogP contribution in [0.4, 0.5) is 0 Å². The number of hydrogen-bond acceptors (Lipinski definition) is 2. The largest absolute Gasteiger partial charge is 0.508 e. The second-order valence-corrected chi connectivity index (χ2v) is 3.20. The van der Waals surface area contributed by atoms with E-state index in [0.717, 1.165) is 5.56 Å². The topological polar surface area (TPSA) is 53.7 Å². The van der Waals surface area contributed by atoms with Crippen LogP contribution in [0.5, 0.6) is 5.75 Å². The van der Waals surface area contributed by atoms with Crippen LogP contribution in [0, 0.1) is 6.57 Å². The number of hydrogen-bond donors (Lipinski definition) is 2. The fraction of sp³-hybridized carbons (Fsp3) is 0.273. The molecule has 0 heterocycles. The smallest absolute Gasteiger partial charge is 0.300 e. The molecular weight excluding hydrogens is 192 g/mol. The van der Waals surface area contributed by atoms with Crippen LogP contribution in [0.2, 0.25) is 0 Å². The molecule has 0 saturated heterocycles. The van der Waals surface area contributed by atoms with Crippen molar-refractivity contribution in [3.8, 4) is 5.75 Å². The van der Waals surface area contributed by atoms with Gasteiger partial charge >= 0.3 is 5.91 Å². The molecule has 1 aromatic rings. The number of nitrogens with one attached hydrogen (secondary N) is 1. The van der Waals surface area contributed by atoms with Crippen LogP contribution >= 0.6 is 0 Å². The van der Waals surface area contributed by atoms with Gasteiger partial charge in [0.2, 0.25) is 0 Å². The summed E-state index contributed by atoms with van der Waals surface area (Å²) in [4.78, 5) is 14.1. The summed E-state index contributed by atoms with van der Waals surface area (Å²) in [7, 11) is 0. The molecule has 0 bridgehead atoms. The van der Waals surface area contributed by atoms with Crippen molar-refractivity contribution in [2.45, 2.75) is 13.0 Å². The first-order chi connectivity index (χ1) is 7.13. The van der Waals surface area contributed by atoms with Crippen LogP contribution in [0.15, 0.2) is 24.3 Å². The highest BCUT2D eigenvalue weighted by molar-refractivity contribution is 5.79. The van der Waals surface area contributed by atoms with E-state index in [9.17, 15) is 4.79 Å². The maximum atomic E-state index is 11.1. The molecule has 15 heavy (non-hydrogen) atoms. The molecule has 78 valence electrons. The summed E-state index contributed by atoms with van der Waals surface area (Å²) in [6, 6.07) is 6.44. The van der Waals surface area contributed by atoms with Crippen LogP contribution in [-0.2, 0) is 4.79 Å². The molecule has 0 radical (unpaired) electrons. The number of aromatic hydroxyl groups is 1. The van der Waals surface area contributed by atoms with E-state index >= 15 is 0 Å². The van der Waals surface area contributed by atoms with Crippen LogP contribution < -0.4 is 5.32 Å². The molecule has 0 aromatic heterocycles. The standard InChI is InChI=1S/C11H12N2O2/c1-8(13-11(15)7-12-2)9-3-5-10(14)6-4-9/h3-6,8,14H,7H2,1H3,(H,13,15)/t8-/m0/s1. The Bertz CT molecular complexity index is 379. The Hall–Kier alpha value is -2.02. The minimum atomic E-state index is -0.287. The zero-order valence-electron chi connectivity index (χ0n) is 8.40. The molecule has 4 nitrogen and oxygen atoms in total. The van der Waals surface area contributed by atoms with Crippen LogP contribution in [-0.4, -0.2) is 17.6 Å². The van der Waals surface area contributed by atoms with Crippen molar-refractivity contribution in [2.75, 3.05) is 6.54 Å². The Morgan fingerprint density at radius 1 is 1.53 bits per heavy atom. The van der Waals surface area contributed by atoms with E-state index in [2.05, 4.69) is 10.2 Å². The number of carbonyl (C=O) groups excluding carboxylic acids is 1. The van der Waals surface area contributed by atoms with Gasteiger partial charge in [0.25, 0.3) is 6.54 Å².